The third kappa shape index (κ3) is 3.77. The minimum Gasteiger partial charge on any atom is -0.508 e. The predicted molar refractivity (Wildman–Crippen MR) is 103 cm³/mol. The molecular weight excluding hydrogens is 342 g/mol. The molecule has 0 radical (unpaired) electrons. The molecule has 2 N–H and O–H groups in total. The summed E-state index contributed by atoms with van der Waals surface area (Å²) in [6.45, 7) is 8.25. The number of carbonyl (C=O) groups is 2. The second-order valence-electron chi connectivity index (χ2n) is 8.16. The Balaban J connectivity index is 2.14. The summed E-state index contributed by atoms with van der Waals surface area (Å²) < 4.78 is 5.41. The van der Waals surface area contributed by atoms with Crippen LogP contribution in [0.25, 0.3) is 0 Å². The van der Waals surface area contributed by atoms with Crippen LogP contribution in [0.3, 0.4) is 0 Å². The molecule has 0 bridgehead atoms. The number of ether oxygens (including phenoxy) is 1. The molecule has 1 aromatic carbocycles. The average molecular weight is 369 g/mol. The minimum absolute atomic E-state index is 0.0374. The van der Waals surface area contributed by atoms with E-state index < -0.39 is 11.9 Å². The van der Waals surface area contributed by atoms with E-state index in [0.29, 0.717) is 29.9 Å². The number of aromatic hydroxyl groups is 1. The van der Waals surface area contributed by atoms with Crippen molar-refractivity contribution in [1.29, 1.82) is 0 Å². The maximum atomic E-state index is 13.1. The van der Waals surface area contributed by atoms with Gasteiger partial charge in [0.05, 0.1) is 12.2 Å². The van der Waals surface area contributed by atoms with Gasteiger partial charge in [-0.25, -0.2) is 4.79 Å². The highest BCUT2D eigenvalue weighted by Crippen LogP contribution is 2.47. The van der Waals surface area contributed by atoms with E-state index in [4.69, 9.17) is 4.74 Å². The second-order valence-corrected chi connectivity index (χ2v) is 8.16. The van der Waals surface area contributed by atoms with Crippen LogP contribution < -0.4 is 5.32 Å². The molecule has 27 heavy (non-hydrogen) atoms. The molecule has 3 rings (SSSR count). The molecule has 0 amide bonds. The van der Waals surface area contributed by atoms with E-state index in [1.165, 1.54) is 0 Å². The summed E-state index contributed by atoms with van der Waals surface area (Å²) in [4.78, 5) is 25.9. The number of hydrogen-bond acceptors (Lipinski definition) is 5. The lowest BCUT2D eigenvalue weighted by molar-refractivity contribution is -0.139. The van der Waals surface area contributed by atoms with E-state index in [9.17, 15) is 14.7 Å². The van der Waals surface area contributed by atoms with Crippen LogP contribution in [0.4, 0.5) is 0 Å². The highest BCUT2D eigenvalue weighted by molar-refractivity contribution is 6.04. The minimum atomic E-state index is -0.527. The fraction of sp³-hybridized carbons (Fsp3) is 0.455. The number of benzene rings is 1. The molecule has 1 aliphatic carbocycles. The number of esters is 1. The van der Waals surface area contributed by atoms with Crippen molar-refractivity contribution >= 4 is 11.8 Å². The molecule has 0 spiro atoms. The number of Topliss-reactive ketones (excluding diaryl/α,β-unsaturated/α-hetero) is 1. The number of rotatable bonds is 4. The summed E-state index contributed by atoms with van der Waals surface area (Å²) >= 11 is 0. The van der Waals surface area contributed by atoms with Gasteiger partial charge in [-0.1, -0.05) is 32.9 Å². The Bertz CT molecular complexity index is 848. The molecule has 0 unspecified atom stereocenters. The van der Waals surface area contributed by atoms with Gasteiger partial charge in [-0.15, -0.1) is 0 Å². The number of ketones is 1. The molecule has 2 aliphatic rings. The first-order valence-corrected chi connectivity index (χ1v) is 9.43. The Hall–Kier alpha value is -2.56. The van der Waals surface area contributed by atoms with E-state index in [-0.39, 0.29) is 16.9 Å². The van der Waals surface area contributed by atoms with Crippen LogP contribution in [0, 0.1) is 5.41 Å². The van der Waals surface area contributed by atoms with Gasteiger partial charge in [0.25, 0.3) is 0 Å². The lowest BCUT2D eigenvalue weighted by atomic mass is 9.68. The molecule has 1 aliphatic heterocycles. The standard InChI is InChI=1S/C22H27NO4/c1-5-9-27-21(26)18-13(2)23-16-11-22(3,4)12-17(25)20(16)19(18)14-7-6-8-15(24)10-14/h6-8,10,19,23-24H,5,9,11-12H2,1-4H3/t19-/m1/s1. The van der Waals surface area contributed by atoms with Gasteiger partial charge in [-0.05, 0) is 42.9 Å². The van der Waals surface area contributed by atoms with Crippen molar-refractivity contribution < 1.29 is 19.4 Å². The number of carbonyl (C=O) groups excluding carboxylic acids is 2. The van der Waals surface area contributed by atoms with Crippen molar-refractivity contribution in [3.8, 4) is 5.75 Å². The topological polar surface area (TPSA) is 75.6 Å². The zero-order valence-electron chi connectivity index (χ0n) is 16.4. The van der Waals surface area contributed by atoms with Crippen LogP contribution in [-0.4, -0.2) is 23.5 Å². The van der Waals surface area contributed by atoms with Crippen LogP contribution in [0.1, 0.15) is 58.4 Å². The normalized spacial score (nSPS) is 21.6. The van der Waals surface area contributed by atoms with Gasteiger partial charge in [-0.2, -0.15) is 0 Å². The lowest BCUT2D eigenvalue weighted by Crippen LogP contribution is -2.38. The van der Waals surface area contributed by atoms with E-state index >= 15 is 0 Å². The Kier molecular flexibility index (Phi) is 5.13. The highest BCUT2D eigenvalue weighted by Gasteiger charge is 2.43. The van der Waals surface area contributed by atoms with E-state index in [1.54, 1.807) is 18.2 Å². The Morgan fingerprint density at radius 1 is 1.33 bits per heavy atom. The van der Waals surface area contributed by atoms with Gasteiger partial charge in [0.1, 0.15) is 5.75 Å². The van der Waals surface area contributed by atoms with E-state index in [0.717, 1.165) is 24.1 Å². The zero-order valence-corrected chi connectivity index (χ0v) is 16.4. The van der Waals surface area contributed by atoms with Gasteiger partial charge in [-0.3, -0.25) is 4.79 Å². The molecule has 5 nitrogen and oxygen atoms in total. The first-order chi connectivity index (χ1) is 12.7. The quantitative estimate of drug-likeness (QED) is 0.786. The number of phenolic OH excluding ortho intramolecular Hbond substituents is 1. The monoisotopic (exact) mass is 369 g/mol. The van der Waals surface area contributed by atoms with Gasteiger partial charge < -0.3 is 15.2 Å². The van der Waals surface area contributed by atoms with Gasteiger partial charge >= 0.3 is 5.97 Å². The lowest BCUT2D eigenvalue weighted by Gasteiger charge is -2.39. The summed E-state index contributed by atoms with van der Waals surface area (Å²) in [6, 6.07) is 6.77. The number of allylic oxidation sites excluding steroid dienone is 3. The first kappa shape index (κ1) is 19.2. The van der Waals surface area contributed by atoms with E-state index in [1.807, 2.05) is 19.9 Å². The molecule has 1 atom stereocenters. The van der Waals surface area contributed by atoms with Gasteiger partial charge in [0, 0.05) is 29.3 Å². The van der Waals surface area contributed by atoms with Gasteiger partial charge in [0.15, 0.2) is 5.78 Å². The third-order valence-electron chi connectivity index (χ3n) is 5.10. The molecular formula is C22H27NO4. The number of dihydropyridines is 1. The van der Waals surface area contributed by atoms with Crippen LogP contribution in [-0.2, 0) is 14.3 Å². The average Bonchev–Trinajstić information content (AvgIpc) is 2.57. The molecule has 0 aromatic heterocycles. The number of phenols is 1. The third-order valence-corrected chi connectivity index (χ3v) is 5.10. The van der Waals surface area contributed by atoms with Crippen molar-refractivity contribution in [3.05, 3.63) is 52.4 Å². The highest BCUT2D eigenvalue weighted by atomic mass is 16.5. The maximum Gasteiger partial charge on any atom is 0.336 e. The summed E-state index contributed by atoms with van der Waals surface area (Å²) in [7, 11) is 0. The molecule has 0 saturated heterocycles. The molecule has 0 saturated carbocycles. The Morgan fingerprint density at radius 2 is 2.07 bits per heavy atom. The summed E-state index contributed by atoms with van der Waals surface area (Å²) in [5.74, 6) is -0.799. The Labute approximate surface area is 160 Å². The van der Waals surface area contributed by atoms with Crippen molar-refractivity contribution in [2.75, 3.05) is 6.61 Å². The molecule has 0 fully saturated rings. The van der Waals surface area contributed by atoms with Crippen molar-refractivity contribution in [2.45, 2.75) is 52.9 Å². The van der Waals surface area contributed by atoms with Crippen LogP contribution in [0.2, 0.25) is 0 Å². The fourth-order valence-corrected chi connectivity index (χ4v) is 4.02. The molecule has 1 heterocycles. The van der Waals surface area contributed by atoms with Crippen molar-refractivity contribution in [2.24, 2.45) is 5.41 Å². The molecule has 1 aromatic rings. The predicted octanol–water partition coefficient (Wildman–Crippen LogP) is 3.95. The van der Waals surface area contributed by atoms with Crippen molar-refractivity contribution in [1.82, 2.24) is 5.32 Å². The van der Waals surface area contributed by atoms with Crippen LogP contribution >= 0.6 is 0 Å². The Morgan fingerprint density at radius 3 is 2.74 bits per heavy atom. The van der Waals surface area contributed by atoms with E-state index in [2.05, 4.69) is 19.2 Å². The number of hydrogen-bond donors (Lipinski definition) is 2. The zero-order chi connectivity index (χ0) is 19.8. The van der Waals surface area contributed by atoms with Crippen LogP contribution in [0.5, 0.6) is 5.75 Å². The summed E-state index contributed by atoms with van der Waals surface area (Å²) in [6.07, 6.45) is 1.89. The van der Waals surface area contributed by atoms with Crippen molar-refractivity contribution in [3.63, 3.8) is 0 Å². The number of nitrogens with one attached hydrogen (secondary N) is 1. The molecule has 144 valence electrons. The SMILES string of the molecule is CCCOC(=O)C1=C(C)NC2=C(C(=O)CC(C)(C)C2)[C@@H]1c1cccc(O)c1. The smallest absolute Gasteiger partial charge is 0.336 e. The summed E-state index contributed by atoms with van der Waals surface area (Å²) in [5, 5.41) is 13.3. The largest absolute Gasteiger partial charge is 0.508 e. The fourth-order valence-electron chi connectivity index (χ4n) is 4.02. The summed E-state index contributed by atoms with van der Waals surface area (Å²) in [5.41, 5.74) is 3.23. The first-order valence-electron chi connectivity index (χ1n) is 9.43. The van der Waals surface area contributed by atoms with Gasteiger partial charge in [0.2, 0.25) is 0 Å². The maximum absolute atomic E-state index is 13.1. The molecule has 5 heteroatoms. The second kappa shape index (κ2) is 7.22. The van der Waals surface area contributed by atoms with Crippen LogP contribution in [0.15, 0.2) is 46.8 Å².